The number of rotatable bonds is 11. The molecule has 0 saturated carbocycles. The average Bonchev–Trinajstić information content (AvgIpc) is 1.60. The molecule has 6 aromatic heterocycles. The van der Waals surface area contributed by atoms with E-state index in [4.69, 9.17) is 35.4 Å². The van der Waals surface area contributed by atoms with E-state index in [2.05, 4.69) is 179 Å². The summed E-state index contributed by atoms with van der Waals surface area (Å²) < 4.78 is 17.2. The highest BCUT2D eigenvalue weighted by molar-refractivity contribution is 7.27. The number of furan rings is 2. The van der Waals surface area contributed by atoms with Crippen LogP contribution in [0.25, 0.3) is 197 Å². The third-order valence-electron chi connectivity index (χ3n) is 19.9. The molecule has 0 amide bonds. The summed E-state index contributed by atoms with van der Waals surface area (Å²) in [6.45, 7) is 0. The topological polar surface area (TPSA) is 144 Å². The lowest BCUT2D eigenvalue weighted by Gasteiger charge is -2.12. The van der Waals surface area contributed by atoms with Gasteiger partial charge in [-0.3, -0.25) is 0 Å². The third-order valence-corrected chi connectivity index (χ3v) is 22.7. The molecular formula is C96H60BClN6O4S2. The van der Waals surface area contributed by atoms with Gasteiger partial charge in [0, 0.05) is 89.6 Å². The largest absolute Gasteiger partial charge is 0.489 e. The van der Waals surface area contributed by atoms with Crippen molar-refractivity contribution in [3.8, 4) is 113 Å². The molecule has 0 atom stereocenters. The van der Waals surface area contributed by atoms with Crippen molar-refractivity contribution in [2.75, 3.05) is 0 Å². The Balaban J connectivity index is 0.000000126. The Kier molecular flexibility index (Phi) is 17.8. The lowest BCUT2D eigenvalue weighted by molar-refractivity contribution is 0.426. The van der Waals surface area contributed by atoms with Gasteiger partial charge in [-0.2, -0.15) is 9.97 Å². The van der Waals surface area contributed by atoms with Crippen LogP contribution in [0.15, 0.2) is 361 Å². The first-order valence-corrected chi connectivity index (χ1v) is 38.0. The Morgan fingerprint density at radius 3 is 1.07 bits per heavy atom. The first-order chi connectivity index (χ1) is 54.3. The standard InChI is InChI=1S/C51H31N3OS.C24H17BO2S.C21H12ClN3O/c1-4-15-32(16-5-1)37-30-43(48-44(31-37)41-26-13-24-38(47(41)56-48)33-17-6-2-7-18-33)35-21-12-22-36(29-35)50-52-49(34-19-8-3-9-20-34)53-51(54-50)42-27-14-25-40-39-23-10-11-28-45(39)55-46(40)42;26-25(27)22-15-18(16-8-3-1-4-9-16)14-21-20-13-7-12-19(23(20)28-24(21)22)17-10-5-2-6-11-17;22-21-24-19(13-7-2-1-3-8-13)23-20(25-21)16-11-6-10-15-14-9-4-5-12-17(14)26-18(15)16/h1-31H;1-15,26-27H;1-12H. The fourth-order valence-corrected chi connectivity index (χ4v) is 17.6. The minimum atomic E-state index is -1.51. The van der Waals surface area contributed by atoms with Crippen molar-refractivity contribution in [1.29, 1.82) is 0 Å². The fraction of sp³-hybridized carbons (Fsp3) is 0. The molecule has 6 heterocycles. The zero-order valence-electron chi connectivity index (χ0n) is 58.7. The average molecular weight is 1470 g/mol. The van der Waals surface area contributed by atoms with Gasteiger partial charge < -0.3 is 18.9 Å². The maximum atomic E-state index is 10.1. The van der Waals surface area contributed by atoms with Gasteiger partial charge in [0.05, 0.1) is 11.1 Å². The third kappa shape index (κ3) is 12.8. The number of fused-ring (bicyclic) bond motifs is 12. The Bertz CT molecular complexity index is 7030. The molecule has 0 aliphatic carbocycles. The first kappa shape index (κ1) is 67.3. The molecule has 0 aliphatic rings. The Morgan fingerprint density at radius 2 is 0.573 bits per heavy atom. The molecule has 0 saturated heterocycles. The van der Waals surface area contributed by atoms with Crippen molar-refractivity contribution in [1.82, 2.24) is 29.9 Å². The summed E-state index contributed by atoms with van der Waals surface area (Å²) in [4.78, 5) is 28.6. The van der Waals surface area contributed by atoms with E-state index in [0.29, 0.717) is 34.6 Å². The van der Waals surface area contributed by atoms with Gasteiger partial charge in [-0.25, -0.2) is 19.9 Å². The Morgan fingerprint density at radius 1 is 0.236 bits per heavy atom. The lowest BCUT2D eigenvalue weighted by atomic mass is 9.78. The SMILES string of the molecule is Clc1nc(-c2ccccc2)nc(-c2cccc3c2oc2ccccc23)n1.OB(O)c1cc(-c2ccccc2)cc2c1sc1c(-c3ccccc3)cccc12.c1ccc(-c2cc(-c3cccc(-c4nc(-c5ccccc5)nc(-c5cccc6c5oc5ccccc56)n4)c3)c3sc4c(-c5ccccc5)cccc4c3c2)cc1. The molecule has 0 bridgehead atoms. The monoisotopic (exact) mass is 1470 g/mol. The van der Waals surface area contributed by atoms with Gasteiger partial charge in [0.15, 0.2) is 29.1 Å². The van der Waals surface area contributed by atoms with E-state index in [1.165, 1.54) is 53.6 Å². The predicted molar refractivity (Wildman–Crippen MR) is 456 cm³/mol. The van der Waals surface area contributed by atoms with E-state index in [0.717, 1.165) is 114 Å². The van der Waals surface area contributed by atoms with Crippen molar-refractivity contribution in [3.63, 3.8) is 0 Å². The summed E-state index contributed by atoms with van der Waals surface area (Å²) in [5.74, 6) is 2.80. The molecule has 110 heavy (non-hydrogen) atoms. The quantitative estimate of drug-likeness (QED) is 0.120. The van der Waals surface area contributed by atoms with Crippen LogP contribution in [0, 0.1) is 0 Å². The van der Waals surface area contributed by atoms with Crippen LogP contribution < -0.4 is 5.46 Å². The number of hydrogen-bond acceptors (Lipinski definition) is 12. The van der Waals surface area contributed by atoms with Gasteiger partial charge in [-0.05, 0) is 110 Å². The van der Waals surface area contributed by atoms with Crippen molar-refractivity contribution in [2.24, 2.45) is 0 Å². The molecule has 0 radical (unpaired) electrons. The highest BCUT2D eigenvalue weighted by Crippen LogP contribution is 2.48. The van der Waals surface area contributed by atoms with Gasteiger partial charge in [0.2, 0.25) is 5.28 Å². The molecule has 0 unspecified atom stereocenters. The summed E-state index contributed by atoms with van der Waals surface area (Å²) in [7, 11) is -1.51. The zero-order chi connectivity index (χ0) is 73.6. The molecule has 14 heteroatoms. The molecule has 2 N–H and O–H groups in total. The number of hydrogen-bond donors (Lipinski definition) is 2. The van der Waals surface area contributed by atoms with Crippen LogP contribution in [0.2, 0.25) is 5.28 Å². The second-order valence-electron chi connectivity index (χ2n) is 26.7. The predicted octanol–water partition coefficient (Wildman–Crippen LogP) is 25.0. The summed E-state index contributed by atoms with van der Waals surface area (Å²) >= 11 is 9.67. The molecular weight excluding hydrogens is 1410 g/mol. The molecule has 520 valence electrons. The molecule has 21 aromatic rings. The normalized spacial score (nSPS) is 11.4. The summed E-state index contributed by atoms with van der Waals surface area (Å²) in [6.07, 6.45) is 0. The molecule has 0 spiro atoms. The van der Waals surface area contributed by atoms with Crippen LogP contribution in [-0.4, -0.2) is 47.1 Å². The Labute approximate surface area is 645 Å². The molecule has 15 aromatic carbocycles. The van der Waals surface area contributed by atoms with Crippen LogP contribution in [0.1, 0.15) is 0 Å². The summed E-state index contributed by atoms with van der Waals surface area (Å²) in [5, 5.41) is 29.2. The van der Waals surface area contributed by atoms with Gasteiger partial charge >= 0.3 is 7.12 Å². The number of halogens is 1. The van der Waals surface area contributed by atoms with E-state index < -0.39 is 7.12 Å². The van der Waals surface area contributed by atoms with Gasteiger partial charge in [-0.15, -0.1) is 22.7 Å². The van der Waals surface area contributed by atoms with Gasteiger partial charge in [0.25, 0.3) is 0 Å². The van der Waals surface area contributed by atoms with Crippen molar-refractivity contribution < 1.29 is 18.9 Å². The minimum Gasteiger partial charge on any atom is -0.455 e. The van der Waals surface area contributed by atoms with Crippen molar-refractivity contribution in [3.05, 3.63) is 357 Å². The van der Waals surface area contributed by atoms with Gasteiger partial charge in [0.1, 0.15) is 22.3 Å². The molecule has 0 fully saturated rings. The van der Waals surface area contributed by atoms with E-state index in [1.807, 2.05) is 199 Å². The number of para-hydroxylation sites is 4. The molecule has 21 rings (SSSR count). The highest BCUT2D eigenvalue weighted by Gasteiger charge is 2.24. The van der Waals surface area contributed by atoms with Crippen molar-refractivity contribution in [2.45, 2.75) is 0 Å². The second-order valence-corrected chi connectivity index (χ2v) is 29.1. The smallest absolute Gasteiger partial charge is 0.455 e. The number of aromatic nitrogens is 6. The zero-order valence-corrected chi connectivity index (χ0v) is 61.0. The van der Waals surface area contributed by atoms with Crippen molar-refractivity contribution >= 4 is 131 Å². The molecule has 10 nitrogen and oxygen atoms in total. The van der Waals surface area contributed by atoms with Crippen LogP contribution >= 0.6 is 34.3 Å². The van der Waals surface area contributed by atoms with E-state index in [-0.39, 0.29) is 5.28 Å². The number of benzene rings is 15. The fourth-order valence-electron chi connectivity index (χ4n) is 14.7. The van der Waals surface area contributed by atoms with Gasteiger partial charge in [-0.1, -0.05) is 303 Å². The van der Waals surface area contributed by atoms with Crippen LogP contribution in [-0.2, 0) is 0 Å². The maximum absolute atomic E-state index is 10.1. The van der Waals surface area contributed by atoms with E-state index in [9.17, 15) is 10.0 Å². The Hall–Kier alpha value is -13.4. The second kappa shape index (κ2) is 29.1. The first-order valence-electron chi connectivity index (χ1n) is 36.0. The minimum absolute atomic E-state index is 0.155. The lowest BCUT2D eigenvalue weighted by Crippen LogP contribution is -2.30. The van der Waals surface area contributed by atoms with E-state index in [1.54, 1.807) is 11.3 Å². The molecule has 0 aliphatic heterocycles. The highest BCUT2D eigenvalue weighted by atomic mass is 35.5. The van der Waals surface area contributed by atoms with Crippen LogP contribution in [0.3, 0.4) is 0 Å². The van der Waals surface area contributed by atoms with Crippen LogP contribution in [0.5, 0.6) is 0 Å². The van der Waals surface area contributed by atoms with Crippen LogP contribution in [0.4, 0.5) is 0 Å². The maximum Gasteiger partial charge on any atom is 0.489 e. The number of nitrogens with zero attached hydrogens (tertiary/aromatic N) is 6. The summed E-state index contributed by atoms with van der Waals surface area (Å²) in [6, 6.07) is 120. The number of thiophene rings is 2. The van der Waals surface area contributed by atoms with E-state index >= 15 is 0 Å². The summed E-state index contributed by atoms with van der Waals surface area (Å²) in [5.41, 5.74) is 19.5.